The number of carboxylic acid groups (broad SMARTS) is 2. The average molecular weight is 505 g/mol. The number of nitrogens with two attached hydrogens (primary N) is 1. The van der Waals surface area contributed by atoms with Crippen LogP contribution in [0.4, 0.5) is 0 Å². The van der Waals surface area contributed by atoms with E-state index < -0.39 is 60.2 Å². The summed E-state index contributed by atoms with van der Waals surface area (Å²) >= 11 is 1.49. The second-order valence-corrected chi connectivity index (χ2v) is 10.1. The summed E-state index contributed by atoms with van der Waals surface area (Å²) in [5.74, 6) is -3.56. The molecule has 3 amide bonds. The van der Waals surface area contributed by atoms with Crippen LogP contribution < -0.4 is 21.7 Å². The normalized spacial score (nSPS) is 14.7. The standard InChI is InChI=1S/C22H40N4O7S/c1-12(2)10-14(23)19(29)24-15(8-9-34-5)20(30)26-17(11-13(3)4)21(31)25-16(22(32)33)6-7-18(27)28/h12-17H,6-11,23H2,1-5H3,(H,24,29)(H,25,31)(H,26,30)(H,27,28)(H,32,33). The van der Waals surface area contributed by atoms with E-state index in [9.17, 15) is 29.1 Å². The van der Waals surface area contributed by atoms with Crippen molar-refractivity contribution >= 4 is 41.4 Å². The first kappa shape index (κ1) is 31.7. The van der Waals surface area contributed by atoms with Crippen molar-refractivity contribution in [3.8, 4) is 0 Å². The van der Waals surface area contributed by atoms with Gasteiger partial charge >= 0.3 is 11.9 Å². The predicted molar refractivity (Wildman–Crippen MR) is 130 cm³/mol. The molecule has 0 aromatic carbocycles. The van der Waals surface area contributed by atoms with Crippen molar-refractivity contribution in [1.82, 2.24) is 16.0 Å². The molecule has 0 aromatic rings. The van der Waals surface area contributed by atoms with Crippen LogP contribution in [-0.4, -0.2) is 76.0 Å². The molecular formula is C22H40N4O7S. The molecule has 4 atom stereocenters. The van der Waals surface area contributed by atoms with E-state index in [-0.39, 0.29) is 24.7 Å². The van der Waals surface area contributed by atoms with Gasteiger partial charge in [0.05, 0.1) is 6.04 Å². The Morgan fingerprint density at radius 2 is 1.26 bits per heavy atom. The molecular weight excluding hydrogens is 464 g/mol. The number of nitrogens with one attached hydrogen (secondary N) is 3. The molecule has 0 rings (SSSR count). The van der Waals surface area contributed by atoms with Crippen molar-refractivity contribution in [2.75, 3.05) is 12.0 Å². The lowest BCUT2D eigenvalue weighted by Crippen LogP contribution is -2.57. The zero-order valence-corrected chi connectivity index (χ0v) is 21.4. The average Bonchev–Trinajstić information content (AvgIpc) is 2.71. The zero-order chi connectivity index (χ0) is 26.4. The van der Waals surface area contributed by atoms with Crippen LogP contribution in [0.2, 0.25) is 0 Å². The highest BCUT2D eigenvalue weighted by molar-refractivity contribution is 7.98. The number of amides is 3. The van der Waals surface area contributed by atoms with Crippen molar-refractivity contribution in [1.29, 1.82) is 0 Å². The second kappa shape index (κ2) is 16.3. The lowest BCUT2D eigenvalue weighted by atomic mass is 10.0. The fraction of sp³-hybridized carbons (Fsp3) is 0.773. The number of carbonyl (C=O) groups is 5. The number of hydrogen-bond donors (Lipinski definition) is 6. The maximum Gasteiger partial charge on any atom is 0.326 e. The van der Waals surface area contributed by atoms with Gasteiger partial charge in [-0.3, -0.25) is 19.2 Å². The van der Waals surface area contributed by atoms with Gasteiger partial charge in [-0.2, -0.15) is 11.8 Å². The molecule has 0 heterocycles. The summed E-state index contributed by atoms with van der Waals surface area (Å²) in [5.41, 5.74) is 5.93. The van der Waals surface area contributed by atoms with Crippen molar-refractivity contribution in [2.24, 2.45) is 17.6 Å². The summed E-state index contributed by atoms with van der Waals surface area (Å²) < 4.78 is 0. The fourth-order valence-corrected chi connectivity index (χ4v) is 3.64. The van der Waals surface area contributed by atoms with E-state index in [0.29, 0.717) is 18.6 Å². The summed E-state index contributed by atoms with van der Waals surface area (Å²) in [4.78, 5) is 60.5. The summed E-state index contributed by atoms with van der Waals surface area (Å²) in [6, 6.07) is -4.15. The second-order valence-electron chi connectivity index (χ2n) is 9.10. The molecule has 0 radical (unpaired) electrons. The van der Waals surface area contributed by atoms with Gasteiger partial charge in [0, 0.05) is 6.42 Å². The van der Waals surface area contributed by atoms with Crippen LogP contribution in [0.3, 0.4) is 0 Å². The summed E-state index contributed by atoms with van der Waals surface area (Å²) in [7, 11) is 0. The third-order valence-corrected chi connectivity index (χ3v) is 5.55. The lowest BCUT2D eigenvalue weighted by molar-refractivity contribution is -0.143. The van der Waals surface area contributed by atoms with Gasteiger partial charge in [0.25, 0.3) is 0 Å². The largest absolute Gasteiger partial charge is 0.481 e. The number of carboxylic acids is 2. The predicted octanol–water partition coefficient (Wildman–Crippen LogP) is 0.563. The minimum absolute atomic E-state index is 0.0166. The third kappa shape index (κ3) is 13.4. The zero-order valence-electron chi connectivity index (χ0n) is 20.6. The van der Waals surface area contributed by atoms with Gasteiger partial charge in [0.2, 0.25) is 17.7 Å². The molecule has 12 heteroatoms. The van der Waals surface area contributed by atoms with Gasteiger partial charge < -0.3 is 31.9 Å². The summed E-state index contributed by atoms with van der Waals surface area (Å²) in [5, 5.41) is 25.7. The van der Waals surface area contributed by atoms with E-state index >= 15 is 0 Å². The highest BCUT2D eigenvalue weighted by atomic mass is 32.2. The van der Waals surface area contributed by atoms with Gasteiger partial charge in [-0.05, 0) is 49.5 Å². The first-order chi connectivity index (χ1) is 15.8. The molecule has 0 aliphatic rings. The molecule has 0 aromatic heterocycles. The van der Waals surface area contributed by atoms with Crippen LogP contribution in [0.1, 0.15) is 59.8 Å². The van der Waals surface area contributed by atoms with Gasteiger partial charge in [-0.15, -0.1) is 0 Å². The van der Waals surface area contributed by atoms with Crippen molar-refractivity contribution in [3.63, 3.8) is 0 Å². The molecule has 0 saturated carbocycles. The van der Waals surface area contributed by atoms with Crippen LogP contribution >= 0.6 is 11.8 Å². The van der Waals surface area contributed by atoms with E-state index in [0.717, 1.165) is 0 Å². The van der Waals surface area contributed by atoms with E-state index in [1.165, 1.54) is 11.8 Å². The molecule has 0 fully saturated rings. The molecule has 34 heavy (non-hydrogen) atoms. The van der Waals surface area contributed by atoms with Crippen molar-refractivity contribution in [2.45, 2.75) is 84.0 Å². The highest BCUT2D eigenvalue weighted by Gasteiger charge is 2.30. The van der Waals surface area contributed by atoms with E-state index in [2.05, 4.69) is 16.0 Å². The Hall–Kier alpha value is -2.34. The molecule has 0 aliphatic carbocycles. The Balaban J connectivity index is 5.46. The number of rotatable bonds is 17. The van der Waals surface area contributed by atoms with E-state index in [1.54, 1.807) is 0 Å². The van der Waals surface area contributed by atoms with E-state index in [1.807, 2.05) is 34.0 Å². The minimum atomic E-state index is -1.41. The lowest BCUT2D eigenvalue weighted by Gasteiger charge is -2.26. The Kier molecular flexibility index (Phi) is 15.2. The maximum absolute atomic E-state index is 13.0. The molecule has 196 valence electrons. The molecule has 0 aliphatic heterocycles. The van der Waals surface area contributed by atoms with Crippen LogP contribution in [0.25, 0.3) is 0 Å². The number of aliphatic carboxylic acids is 2. The number of thioether (sulfide) groups is 1. The quantitative estimate of drug-likeness (QED) is 0.164. The SMILES string of the molecule is CSCCC(NC(=O)C(N)CC(C)C)C(=O)NC(CC(C)C)C(=O)NC(CCC(=O)O)C(=O)O. The number of carbonyl (C=O) groups excluding carboxylic acids is 3. The van der Waals surface area contributed by atoms with Crippen LogP contribution in [0.15, 0.2) is 0 Å². The van der Waals surface area contributed by atoms with Crippen LogP contribution in [-0.2, 0) is 24.0 Å². The molecule has 0 spiro atoms. The molecule has 0 bridgehead atoms. The monoisotopic (exact) mass is 504 g/mol. The van der Waals surface area contributed by atoms with Gasteiger partial charge in [0.1, 0.15) is 18.1 Å². The first-order valence-electron chi connectivity index (χ1n) is 11.4. The van der Waals surface area contributed by atoms with Crippen LogP contribution in [0, 0.1) is 11.8 Å². The third-order valence-electron chi connectivity index (χ3n) is 4.91. The topological polar surface area (TPSA) is 188 Å². The molecule has 4 unspecified atom stereocenters. The summed E-state index contributed by atoms with van der Waals surface area (Å²) in [6.07, 6.45) is 2.13. The Morgan fingerprint density at radius 1 is 0.765 bits per heavy atom. The van der Waals surface area contributed by atoms with Crippen molar-refractivity contribution < 1.29 is 34.2 Å². The van der Waals surface area contributed by atoms with E-state index in [4.69, 9.17) is 10.8 Å². The first-order valence-corrected chi connectivity index (χ1v) is 12.8. The number of hydrogen-bond acceptors (Lipinski definition) is 7. The molecule has 7 N–H and O–H groups in total. The summed E-state index contributed by atoms with van der Waals surface area (Å²) in [6.45, 7) is 7.54. The van der Waals surface area contributed by atoms with Crippen LogP contribution in [0.5, 0.6) is 0 Å². The maximum atomic E-state index is 13.0. The highest BCUT2D eigenvalue weighted by Crippen LogP contribution is 2.10. The Morgan fingerprint density at radius 3 is 1.74 bits per heavy atom. The molecule has 0 saturated heterocycles. The Labute approximate surface area is 205 Å². The fourth-order valence-electron chi connectivity index (χ4n) is 3.17. The molecule has 11 nitrogen and oxygen atoms in total. The minimum Gasteiger partial charge on any atom is -0.481 e. The van der Waals surface area contributed by atoms with Crippen molar-refractivity contribution in [3.05, 3.63) is 0 Å². The van der Waals surface area contributed by atoms with Gasteiger partial charge in [-0.1, -0.05) is 27.7 Å². The smallest absolute Gasteiger partial charge is 0.326 e. The van der Waals surface area contributed by atoms with Gasteiger partial charge in [0.15, 0.2) is 0 Å². The van der Waals surface area contributed by atoms with Gasteiger partial charge in [-0.25, -0.2) is 4.79 Å². The Bertz CT molecular complexity index is 703.